The topological polar surface area (TPSA) is 61.4 Å². The van der Waals surface area contributed by atoms with Gasteiger partial charge in [-0.15, -0.1) is 0 Å². The predicted octanol–water partition coefficient (Wildman–Crippen LogP) is 1.82. The number of nitrogens with one attached hydrogen (secondary N) is 2. The molecular formula is C15H30N2O2. The minimum atomic E-state index is -0.0124. The molecule has 1 fully saturated rings. The number of aliphatic hydroxyl groups excluding tert-OH is 1. The van der Waals surface area contributed by atoms with E-state index in [9.17, 15) is 4.79 Å². The minimum Gasteiger partial charge on any atom is -0.396 e. The molecule has 1 aliphatic rings. The molecule has 1 heterocycles. The molecule has 19 heavy (non-hydrogen) atoms. The van der Waals surface area contributed by atoms with Crippen LogP contribution in [-0.4, -0.2) is 36.2 Å². The second kappa shape index (κ2) is 7.85. The van der Waals surface area contributed by atoms with Crippen molar-refractivity contribution in [2.45, 2.75) is 71.4 Å². The van der Waals surface area contributed by atoms with Gasteiger partial charge < -0.3 is 15.7 Å². The maximum absolute atomic E-state index is 12.0. The smallest absolute Gasteiger partial charge is 0.220 e. The van der Waals surface area contributed by atoms with E-state index in [4.69, 9.17) is 5.11 Å². The summed E-state index contributed by atoms with van der Waals surface area (Å²) < 4.78 is 0. The maximum atomic E-state index is 12.0. The largest absolute Gasteiger partial charge is 0.396 e. The molecule has 0 radical (unpaired) electrons. The first kappa shape index (κ1) is 16.4. The van der Waals surface area contributed by atoms with E-state index in [0.717, 1.165) is 13.0 Å². The van der Waals surface area contributed by atoms with E-state index in [1.807, 2.05) is 0 Å². The lowest BCUT2D eigenvalue weighted by Crippen LogP contribution is -2.44. The molecule has 0 saturated carbocycles. The van der Waals surface area contributed by atoms with E-state index in [1.165, 1.54) is 19.3 Å². The summed E-state index contributed by atoms with van der Waals surface area (Å²) in [6, 6.07) is 0.551. The Hall–Kier alpha value is -0.610. The summed E-state index contributed by atoms with van der Waals surface area (Å²) in [5.41, 5.74) is -0.0124. The number of amides is 1. The predicted molar refractivity (Wildman–Crippen MR) is 78.0 cm³/mol. The lowest BCUT2D eigenvalue weighted by molar-refractivity contribution is -0.122. The summed E-state index contributed by atoms with van der Waals surface area (Å²) in [6.07, 6.45) is 5.83. The van der Waals surface area contributed by atoms with Crippen LogP contribution >= 0.6 is 0 Å². The van der Waals surface area contributed by atoms with Gasteiger partial charge in [0.1, 0.15) is 0 Å². The van der Waals surface area contributed by atoms with Crippen LogP contribution in [0.15, 0.2) is 0 Å². The highest BCUT2D eigenvalue weighted by Crippen LogP contribution is 2.22. The highest BCUT2D eigenvalue weighted by atomic mass is 16.3. The number of rotatable bonds is 6. The zero-order chi connectivity index (χ0) is 14.3. The third kappa shape index (κ3) is 6.39. The molecule has 0 aromatic carbocycles. The lowest BCUT2D eigenvalue weighted by Gasteiger charge is -2.31. The molecule has 1 saturated heterocycles. The van der Waals surface area contributed by atoms with Gasteiger partial charge in [0.25, 0.3) is 0 Å². The Balaban J connectivity index is 2.31. The molecule has 0 aliphatic carbocycles. The van der Waals surface area contributed by atoms with E-state index in [2.05, 4.69) is 31.4 Å². The van der Waals surface area contributed by atoms with Crippen molar-refractivity contribution in [2.75, 3.05) is 13.2 Å². The van der Waals surface area contributed by atoms with E-state index < -0.39 is 0 Å². The Morgan fingerprint density at radius 3 is 2.68 bits per heavy atom. The van der Waals surface area contributed by atoms with Gasteiger partial charge in [0.15, 0.2) is 0 Å². The van der Waals surface area contributed by atoms with Crippen molar-refractivity contribution in [2.24, 2.45) is 5.41 Å². The van der Waals surface area contributed by atoms with Crippen molar-refractivity contribution in [3.8, 4) is 0 Å². The summed E-state index contributed by atoms with van der Waals surface area (Å²) in [7, 11) is 0. The fraction of sp³-hybridized carbons (Fsp3) is 0.933. The van der Waals surface area contributed by atoms with Crippen molar-refractivity contribution in [1.29, 1.82) is 0 Å². The zero-order valence-corrected chi connectivity index (χ0v) is 12.7. The van der Waals surface area contributed by atoms with E-state index in [1.54, 1.807) is 0 Å². The molecule has 3 N–H and O–H groups in total. The van der Waals surface area contributed by atoms with Crippen LogP contribution in [0.2, 0.25) is 0 Å². The first-order valence-corrected chi connectivity index (χ1v) is 7.57. The average molecular weight is 270 g/mol. The monoisotopic (exact) mass is 270 g/mol. The van der Waals surface area contributed by atoms with E-state index in [-0.39, 0.29) is 24.0 Å². The second-order valence-electron chi connectivity index (χ2n) is 6.68. The van der Waals surface area contributed by atoms with Gasteiger partial charge in [-0.3, -0.25) is 4.79 Å². The number of carbonyl (C=O) groups excluding carboxylic acids is 1. The minimum absolute atomic E-state index is 0.0124. The van der Waals surface area contributed by atoms with Crippen LogP contribution < -0.4 is 10.6 Å². The van der Waals surface area contributed by atoms with Crippen LogP contribution in [0.5, 0.6) is 0 Å². The number of hydrogen-bond acceptors (Lipinski definition) is 3. The SMILES string of the molecule is CC(C)(C)C(CCO)NC(=O)CCC1CCCCN1. The molecule has 1 rings (SSSR count). The van der Waals surface area contributed by atoms with Crippen molar-refractivity contribution >= 4 is 5.91 Å². The van der Waals surface area contributed by atoms with Crippen molar-refractivity contribution in [1.82, 2.24) is 10.6 Å². The van der Waals surface area contributed by atoms with Crippen LogP contribution in [0.1, 0.15) is 59.3 Å². The number of aliphatic hydroxyl groups is 1. The normalized spacial score (nSPS) is 22.0. The zero-order valence-electron chi connectivity index (χ0n) is 12.7. The second-order valence-corrected chi connectivity index (χ2v) is 6.68. The molecule has 2 atom stereocenters. The third-order valence-electron chi connectivity index (χ3n) is 3.93. The molecule has 0 bridgehead atoms. The van der Waals surface area contributed by atoms with E-state index in [0.29, 0.717) is 18.9 Å². The summed E-state index contributed by atoms with van der Waals surface area (Å²) in [5, 5.41) is 15.6. The average Bonchev–Trinajstić information content (AvgIpc) is 2.36. The Kier molecular flexibility index (Phi) is 6.80. The number of carbonyl (C=O) groups is 1. The van der Waals surface area contributed by atoms with Gasteiger partial charge >= 0.3 is 0 Å². The summed E-state index contributed by atoms with van der Waals surface area (Å²) in [5.74, 6) is 0.112. The molecule has 4 heteroatoms. The standard InChI is InChI=1S/C15H30N2O2/c1-15(2,3)13(9-11-18)17-14(19)8-7-12-6-4-5-10-16-12/h12-13,16,18H,4-11H2,1-3H3,(H,17,19). The molecule has 4 nitrogen and oxygen atoms in total. The van der Waals surface area contributed by atoms with Crippen molar-refractivity contribution in [3.63, 3.8) is 0 Å². The number of hydrogen-bond donors (Lipinski definition) is 3. The summed E-state index contributed by atoms with van der Waals surface area (Å²) >= 11 is 0. The van der Waals surface area contributed by atoms with Crippen LogP contribution in [0, 0.1) is 5.41 Å². The summed E-state index contributed by atoms with van der Waals surface area (Å²) in [6.45, 7) is 7.48. The molecule has 0 aromatic heterocycles. The Bertz CT molecular complexity index is 268. The Labute approximate surface area is 117 Å². The fourth-order valence-electron chi connectivity index (χ4n) is 2.59. The van der Waals surface area contributed by atoms with Gasteiger partial charge in [-0.2, -0.15) is 0 Å². The molecule has 2 unspecified atom stereocenters. The fourth-order valence-corrected chi connectivity index (χ4v) is 2.59. The Morgan fingerprint density at radius 1 is 1.42 bits per heavy atom. The molecule has 0 spiro atoms. The van der Waals surface area contributed by atoms with Crippen molar-refractivity contribution in [3.05, 3.63) is 0 Å². The maximum Gasteiger partial charge on any atom is 0.220 e. The molecule has 1 amide bonds. The third-order valence-corrected chi connectivity index (χ3v) is 3.93. The van der Waals surface area contributed by atoms with Gasteiger partial charge in [-0.25, -0.2) is 0 Å². The molecule has 1 aliphatic heterocycles. The highest BCUT2D eigenvalue weighted by Gasteiger charge is 2.25. The van der Waals surface area contributed by atoms with Gasteiger partial charge in [0, 0.05) is 25.1 Å². The van der Waals surface area contributed by atoms with Crippen LogP contribution in [0.25, 0.3) is 0 Å². The van der Waals surface area contributed by atoms with Crippen LogP contribution in [-0.2, 0) is 4.79 Å². The first-order valence-electron chi connectivity index (χ1n) is 7.57. The highest BCUT2D eigenvalue weighted by molar-refractivity contribution is 5.76. The van der Waals surface area contributed by atoms with Gasteiger partial charge in [-0.05, 0) is 37.6 Å². The summed E-state index contributed by atoms with van der Waals surface area (Å²) in [4.78, 5) is 12.0. The number of piperidine rings is 1. The Morgan fingerprint density at radius 2 is 2.16 bits per heavy atom. The molecular weight excluding hydrogens is 240 g/mol. The quantitative estimate of drug-likeness (QED) is 0.690. The van der Waals surface area contributed by atoms with Crippen LogP contribution in [0.3, 0.4) is 0 Å². The van der Waals surface area contributed by atoms with Crippen molar-refractivity contribution < 1.29 is 9.90 Å². The first-order chi connectivity index (χ1) is 8.93. The van der Waals surface area contributed by atoms with Crippen LogP contribution in [0.4, 0.5) is 0 Å². The van der Waals surface area contributed by atoms with E-state index >= 15 is 0 Å². The molecule has 0 aromatic rings. The van der Waals surface area contributed by atoms with Gasteiger partial charge in [-0.1, -0.05) is 27.2 Å². The lowest BCUT2D eigenvalue weighted by atomic mass is 9.85. The van der Waals surface area contributed by atoms with Gasteiger partial charge in [0.2, 0.25) is 5.91 Å². The molecule has 112 valence electrons. The van der Waals surface area contributed by atoms with Gasteiger partial charge in [0.05, 0.1) is 0 Å².